The lowest BCUT2D eigenvalue weighted by Gasteiger charge is -2.30. The van der Waals surface area contributed by atoms with Crippen molar-refractivity contribution < 1.29 is 5.11 Å². The summed E-state index contributed by atoms with van der Waals surface area (Å²) >= 11 is 12.0. The zero-order chi connectivity index (χ0) is 14.2. The minimum Gasteiger partial charge on any atom is -0.397 e. The van der Waals surface area contributed by atoms with Gasteiger partial charge in [0.2, 0.25) is 0 Å². The minimum atomic E-state index is -0.334. The number of nitrogens with two attached hydrogens (primary N) is 1. The third-order valence-corrected chi connectivity index (χ3v) is 4.07. The number of hydrogen-bond donors (Lipinski definition) is 2. The minimum absolute atomic E-state index is 0.226. The van der Waals surface area contributed by atoms with E-state index in [4.69, 9.17) is 28.9 Å². The molecule has 0 radical (unpaired) electrons. The average molecular weight is 304 g/mol. The number of aliphatic hydroxyl groups is 1. The fourth-order valence-corrected chi connectivity index (χ4v) is 2.91. The van der Waals surface area contributed by atoms with E-state index < -0.39 is 0 Å². The Morgan fingerprint density at radius 1 is 1.37 bits per heavy atom. The summed E-state index contributed by atoms with van der Waals surface area (Å²) in [6.07, 6.45) is 0.400. The van der Waals surface area contributed by atoms with Gasteiger partial charge in [-0.1, -0.05) is 23.2 Å². The molecule has 0 spiro atoms. The molecule has 1 fully saturated rings. The summed E-state index contributed by atoms with van der Waals surface area (Å²) in [7, 11) is 4.03. The molecule has 1 aliphatic heterocycles. The summed E-state index contributed by atoms with van der Waals surface area (Å²) < 4.78 is 0. The molecule has 1 heterocycles. The van der Waals surface area contributed by atoms with Crippen LogP contribution in [0.4, 0.5) is 11.4 Å². The molecule has 3 N–H and O–H groups in total. The Labute approximate surface area is 123 Å². The summed E-state index contributed by atoms with van der Waals surface area (Å²) in [6.45, 7) is 1.43. The summed E-state index contributed by atoms with van der Waals surface area (Å²) in [6, 6.07) is 3.67. The van der Waals surface area contributed by atoms with E-state index in [2.05, 4.69) is 9.80 Å². The molecule has 4 nitrogen and oxygen atoms in total. The van der Waals surface area contributed by atoms with Gasteiger partial charge in [0.05, 0.1) is 27.5 Å². The lowest BCUT2D eigenvalue weighted by molar-refractivity contribution is 0.191. The second-order valence-electron chi connectivity index (χ2n) is 5.28. The molecular formula is C13H19Cl2N3O. The first-order valence-corrected chi connectivity index (χ1v) is 6.98. The van der Waals surface area contributed by atoms with Gasteiger partial charge in [-0.15, -0.1) is 0 Å². The van der Waals surface area contributed by atoms with Crippen molar-refractivity contribution in [3.63, 3.8) is 0 Å². The van der Waals surface area contributed by atoms with Crippen LogP contribution in [0, 0.1) is 0 Å². The molecule has 1 saturated heterocycles. The number of hydrogen-bond acceptors (Lipinski definition) is 4. The molecule has 2 rings (SSSR count). The number of aliphatic hydroxyl groups excluding tert-OH is 1. The van der Waals surface area contributed by atoms with Gasteiger partial charge in [-0.3, -0.25) is 0 Å². The topological polar surface area (TPSA) is 52.7 Å². The average Bonchev–Trinajstić information content (AvgIpc) is 2.63. The van der Waals surface area contributed by atoms with Gasteiger partial charge >= 0.3 is 0 Å². The van der Waals surface area contributed by atoms with Crippen LogP contribution in [0.2, 0.25) is 10.0 Å². The van der Waals surface area contributed by atoms with Crippen LogP contribution in [0.1, 0.15) is 6.42 Å². The van der Waals surface area contributed by atoms with Crippen molar-refractivity contribution in [2.75, 3.05) is 37.8 Å². The first-order valence-electron chi connectivity index (χ1n) is 6.22. The lowest BCUT2D eigenvalue weighted by atomic mass is 10.1. The quantitative estimate of drug-likeness (QED) is 0.840. The molecule has 106 valence electrons. The fraction of sp³-hybridized carbons (Fsp3) is 0.538. The van der Waals surface area contributed by atoms with Crippen LogP contribution in [-0.2, 0) is 0 Å². The Morgan fingerprint density at radius 2 is 2.00 bits per heavy atom. The van der Waals surface area contributed by atoms with Crippen molar-refractivity contribution in [2.45, 2.75) is 18.6 Å². The van der Waals surface area contributed by atoms with Crippen LogP contribution in [0.5, 0.6) is 0 Å². The molecule has 2 unspecified atom stereocenters. The van der Waals surface area contributed by atoms with Gasteiger partial charge in [0.25, 0.3) is 0 Å². The smallest absolute Gasteiger partial charge is 0.0735 e. The van der Waals surface area contributed by atoms with E-state index in [9.17, 15) is 5.11 Å². The number of halogens is 2. The second-order valence-corrected chi connectivity index (χ2v) is 6.10. The molecule has 0 saturated carbocycles. The highest BCUT2D eigenvalue weighted by Crippen LogP contribution is 2.36. The van der Waals surface area contributed by atoms with Crippen molar-refractivity contribution in [3.8, 4) is 0 Å². The molecule has 6 heteroatoms. The van der Waals surface area contributed by atoms with Crippen LogP contribution in [0.3, 0.4) is 0 Å². The number of rotatable bonds is 3. The van der Waals surface area contributed by atoms with Crippen LogP contribution >= 0.6 is 23.2 Å². The Bertz CT molecular complexity index is 467. The highest BCUT2D eigenvalue weighted by atomic mass is 35.5. The normalized spacial score (nSPS) is 23.4. The van der Waals surface area contributed by atoms with Crippen molar-refractivity contribution in [2.24, 2.45) is 0 Å². The highest BCUT2D eigenvalue weighted by Gasteiger charge is 2.32. The molecular weight excluding hydrogens is 285 g/mol. The maximum atomic E-state index is 9.90. The van der Waals surface area contributed by atoms with E-state index in [0.29, 0.717) is 22.3 Å². The fourth-order valence-electron chi connectivity index (χ4n) is 2.58. The van der Waals surface area contributed by atoms with E-state index in [1.54, 1.807) is 12.1 Å². The Kier molecular flexibility index (Phi) is 4.46. The second kappa shape index (κ2) is 5.75. The van der Waals surface area contributed by atoms with E-state index in [1.807, 2.05) is 14.1 Å². The molecule has 0 aromatic heterocycles. The van der Waals surface area contributed by atoms with Crippen molar-refractivity contribution in [1.82, 2.24) is 4.90 Å². The van der Waals surface area contributed by atoms with Gasteiger partial charge in [0, 0.05) is 19.1 Å². The van der Waals surface area contributed by atoms with E-state index in [0.717, 1.165) is 18.7 Å². The molecule has 0 aliphatic carbocycles. The molecule has 1 aromatic carbocycles. The molecule has 1 aromatic rings. The van der Waals surface area contributed by atoms with Gasteiger partial charge in [0.15, 0.2) is 0 Å². The van der Waals surface area contributed by atoms with E-state index in [1.165, 1.54) is 0 Å². The Balaban J connectivity index is 2.31. The monoisotopic (exact) mass is 303 g/mol. The Morgan fingerprint density at radius 3 is 2.63 bits per heavy atom. The highest BCUT2D eigenvalue weighted by molar-refractivity contribution is 6.42. The van der Waals surface area contributed by atoms with Gasteiger partial charge in [-0.25, -0.2) is 0 Å². The van der Waals surface area contributed by atoms with Crippen molar-refractivity contribution in [3.05, 3.63) is 22.2 Å². The predicted molar refractivity (Wildman–Crippen MR) is 81.2 cm³/mol. The van der Waals surface area contributed by atoms with Gasteiger partial charge in [-0.2, -0.15) is 0 Å². The molecule has 2 atom stereocenters. The maximum absolute atomic E-state index is 9.90. The van der Waals surface area contributed by atoms with Crippen LogP contribution in [-0.4, -0.2) is 49.3 Å². The third-order valence-electron chi connectivity index (χ3n) is 3.35. The summed E-state index contributed by atoms with van der Waals surface area (Å²) in [5, 5.41) is 10.8. The van der Waals surface area contributed by atoms with Crippen LogP contribution < -0.4 is 10.6 Å². The standard InChI is InChI=1S/C13H19Cl2N3O/c1-17(2)6-8-3-9(19)7-18(8)13-5-11(15)10(14)4-12(13)16/h4-5,8-9,19H,3,6-7,16H2,1-2H3. The molecule has 19 heavy (non-hydrogen) atoms. The molecule has 0 bridgehead atoms. The zero-order valence-electron chi connectivity index (χ0n) is 11.1. The van der Waals surface area contributed by atoms with E-state index in [-0.39, 0.29) is 12.1 Å². The van der Waals surface area contributed by atoms with Gasteiger partial charge < -0.3 is 20.6 Å². The van der Waals surface area contributed by atoms with Crippen LogP contribution in [0.15, 0.2) is 12.1 Å². The lowest BCUT2D eigenvalue weighted by Crippen LogP contribution is -2.38. The molecule has 0 amide bonds. The molecule has 1 aliphatic rings. The van der Waals surface area contributed by atoms with Crippen molar-refractivity contribution in [1.29, 1.82) is 0 Å². The van der Waals surface area contributed by atoms with Gasteiger partial charge in [-0.05, 0) is 32.6 Å². The number of benzene rings is 1. The first-order chi connectivity index (χ1) is 8.88. The predicted octanol–water partition coefficient (Wildman–Crippen LogP) is 2.08. The van der Waals surface area contributed by atoms with E-state index >= 15 is 0 Å². The van der Waals surface area contributed by atoms with Crippen molar-refractivity contribution >= 4 is 34.6 Å². The largest absolute Gasteiger partial charge is 0.397 e. The Hall–Kier alpha value is -0.680. The number of likely N-dealkylation sites (N-methyl/N-ethyl adjacent to an activating group) is 1. The number of nitrogens with zero attached hydrogens (tertiary/aromatic N) is 2. The first kappa shape index (κ1) is 14.7. The summed E-state index contributed by atoms with van der Waals surface area (Å²) in [4.78, 5) is 4.21. The van der Waals surface area contributed by atoms with Crippen LogP contribution in [0.25, 0.3) is 0 Å². The van der Waals surface area contributed by atoms with Gasteiger partial charge in [0.1, 0.15) is 0 Å². The summed E-state index contributed by atoms with van der Waals surface area (Å²) in [5.74, 6) is 0. The zero-order valence-corrected chi connectivity index (χ0v) is 12.6. The number of anilines is 2. The number of nitrogen functional groups attached to an aromatic ring is 1. The number of β-amino-alcohol motifs (C(OH)–C–C–N with tert-alkyl or cyclic N) is 1. The third kappa shape index (κ3) is 3.26. The maximum Gasteiger partial charge on any atom is 0.0735 e. The SMILES string of the molecule is CN(C)CC1CC(O)CN1c1cc(Cl)c(Cl)cc1N. The summed E-state index contributed by atoms with van der Waals surface area (Å²) in [5.41, 5.74) is 7.46.